The number of hydrogen-bond donors (Lipinski definition) is 2. The molecule has 4 aliphatic rings. The van der Waals surface area contributed by atoms with Crippen molar-refractivity contribution in [2.75, 3.05) is 31.5 Å². The van der Waals surface area contributed by atoms with Gasteiger partial charge in [-0.2, -0.15) is 0 Å². The minimum atomic E-state index is -1.59. The van der Waals surface area contributed by atoms with Gasteiger partial charge in [0, 0.05) is 41.9 Å². The van der Waals surface area contributed by atoms with Gasteiger partial charge in [0.15, 0.2) is 18.2 Å². The molecule has 34 heavy (non-hydrogen) atoms. The molecule has 2 aromatic rings. The molecule has 9 heteroatoms. The third kappa shape index (κ3) is 4.61. The molecule has 0 aromatic carbocycles. The third-order valence-corrected chi connectivity index (χ3v) is 8.99. The molecule has 5 heterocycles. The van der Waals surface area contributed by atoms with E-state index in [4.69, 9.17) is 4.74 Å². The SMILES string of the molecule is O=C(C[N+]12CCC(CC1)C(OC(=O)[C@@](O)(c1cccs1)C1CCCCC1)C2)Nc1ncccn1. The number of hydrogen-bond acceptors (Lipinski definition) is 7. The first-order valence-electron chi connectivity index (χ1n) is 12.4. The van der Waals surface area contributed by atoms with Crippen LogP contribution in [0.25, 0.3) is 0 Å². The van der Waals surface area contributed by atoms with Gasteiger partial charge in [-0.25, -0.2) is 14.8 Å². The number of rotatable bonds is 7. The molecule has 2 atom stereocenters. The van der Waals surface area contributed by atoms with Crippen LogP contribution in [-0.2, 0) is 19.9 Å². The summed E-state index contributed by atoms with van der Waals surface area (Å²) in [5.41, 5.74) is -1.59. The Morgan fingerprint density at radius 2 is 1.85 bits per heavy atom. The lowest BCUT2D eigenvalue weighted by Gasteiger charge is -2.52. The van der Waals surface area contributed by atoms with Crippen molar-refractivity contribution in [3.8, 4) is 0 Å². The Morgan fingerprint density at radius 3 is 2.53 bits per heavy atom. The van der Waals surface area contributed by atoms with E-state index in [0.717, 1.165) is 58.0 Å². The van der Waals surface area contributed by atoms with Crippen molar-refractivity contribution >= 4 is 29.2 Å². The number of amides is 1. The molecule has 1 amide bonds. The maximum absolute atomic E-state index is 13.6. The molecule has 2 bridgehead atoms. The number of aliphatic hydroxyl groups is 1. The van der Waals surface area contributed by atoms with E-state index in [0.29, 0.717) is 28.4 Å². The second kappa shape index (κ2) is 9.71. The number of aromatic nitrogens is 2. The number of piperidine rings is 3. The van der Waals surface area contributed by atoms with E-state index >= 15 is 0 Å². The van der Waals surface area contributed by atoms with E-state index in [2.05, 4.69) is 15.3 Å². The van der Waals surface area contributed by atoms with Crippen molar-refractivity contribution in [2.45, 2.75) is 56.7 Å². The van der Waals surface area contributed by atoms with Crippen LogP contribution in [0.5, 0.6) is 0 Å². The van der Waals surface area contributed by atoms with Gasteiger partial charge >= 0.3 is 5.97 Å². The lowest BCUT2D eigenvalue weighted by Crippen LogP contribution is -2.66. The van der Waals surface area contributed by atoms with Crippen LogP contribution in [0.15, 0.2) is 36.0 Å². The summed E-state index contributed by atoms with van der Waals surface area (Å²) in [5, 5.41) is 16.5. The molecule has 1 aliphatic carbocycles. The lowest BCUT2D eigenvalue weighted by atomic mass is 9.75. The molecule has 4 fully saturated rings. The van der Waals surface area contributed by atoms with Crippen molar-refractivity contribution in [3.63, 3.8) is 0 Å². The number of carbonyl (C=O) groups is 2. The van der Waals surface area contributed by atoms with Crippen LogP contribution in [0.3, 0.4) is 0 Å². The highest BCUT2D eigenvalue weighted by atomic mass is 32.1. The summed E-state index contributed by atoms with van der Waals surface area (Å²) in [6.07, 6.45) is 9.59. The molecule has 3 saturated heterocycles. The minimum absolute atomic E-state index is 0.117. The number of esters is 1. The lowest BCUT2D eigenvalue weighted by molar-refractivity contribution is -0.939. The number of quaternary nitrogens is 1. The van der Waals surface area contributed by atoms with Crippen LogP contribution in [0.1, 0.15) is 49.8 Å². The number of nitrogens with one attached hydrogen (secondary N) is 1. The van der Waals surface area contributed by atoms with Gasteiger partial charge in [0.1, 0.15) is 6.54 Å². The molecule has 0 radical (unpaired) electrons. The molecular formula is C25H33N4O4S+. The van der Waals surface area contributed by atoms with E-state index in [1.807, 2.05) is 17.5 Å². The number of ether oxygens (including phenoxy) is 1. The smallest absolute Gasteiger partial charge is 0.344 e. The molecule has 2 aromatic heterocycles. The average Bonchev–Trinajstić information content (AvgIpc) is 3.40. The maximum atomic E-state index is 13.6. The van der Waals surface area contributed by atoms with Gasteiger partial charge in [-0.1, -0.05) is 25.3 Å². The number of anilines is 1. The highest BCUT2D eigenvalue weighted by molar-refractivity contribution is 7.10. The molecule has 182 valence electrons. The van der Waals surface area contributed by atoms with E-state index in [-0.39, 0.29) is 23.8 Å². The van der Waals surface area contributed by atoms with Crippen molar-refractivity contribution in [2.24, 2.45) is 11.8 Å². The van der Waals surface area contributed by atoms with Gasteiger partial charge < -0.3 is 14.3 Å². The second-order valence-electron chi connectivity index (χ2n) is 10.1. The fourth-order valence-corrected chi connectivity index (χ4v) is 7.01. The van der Waals surface area contributed by atoms with Gasteiger partial charge in [-0.05, 0) is 30.4 Å². The van der Waals surface area contributed by atoms with Crippen LogP contribution >= 0.6 is 11.3 Å². The minimum Gasteiger partial charge on any atom is -0.454 e. The van der Waals surface area contributed by atoms with Crippen molar-refractivity contribution in [1.29, 1.82) is 0 Å². The Labute approximate surface area is 204 Å². The van der Waals surface area contributed by atoms with E-state index < -0.39 is 11.6 Å². The molecule has 2 N–H and O–H groups in total. The van der Waals surface area contributed by atoms with Crippen LogP contribution < -0.4 is 5.32 Å². The Hall–Kier alpha value is -2.36. The Morgan fingerprint density at radius 1 is 1.12 bits per heavy atom. The van der Waals surface area contributed by atoms with E-state index in [1.54, 1.807) is 18.5 Å². The van der Waals surface area contributed by atoms with Crippen LogP contribution in [0.4, 0.5) is 5.95 Å². The van der Waals surface area contributed by atoms with Gasteiger partial charge in [0.25, 0.3) is 5.91 Å². The summed E-state index contributed by atoms with van der Waals surface area (Å²) in [6.45, 7) is 2.68. The molecule has 1 saturated carbocycles. The molecule has 8 nitrogen and oxygen atoms in total. The topological polar surface area (TPSA) is 101 Å². The predicted octanol–water partition coefficient (Wildman–Crippen LogP) is 3.10. The average molecular weight is 486 g/mol. The zero-order valence-electron chi connectivity index (χ0n) is 19.4. The van der Waals surface area contributed by atoms with E-state index in [9.17, 15) is 14.7 Å². The highest BCUT2D eigenvalue weighted by Crippen LogP contribution is 2.43. The predicted molar refractivity (Wildman–Crippen MR) is 128 cm³/mol. The highest BCUT2D eigenvalue weighted by Gasteiger charge is 2.53. The zero-order chi connectivity index (χ0) is 23.6. The molecule has 6 rings (SSSR count). The van der Waals surface area contributed by atoms with Crippen LogP contribution in [-0.4, -0.2) is 63.7 Å². The Bertz CT molecular complexity index is 988. The molecule has 0 spiro atoms. The number of nitrogens with zero attached hydrogens (tertiary/aromatic N) is 3. The van der Waals surface area contributed by atoms with Gasteiger partial charge in [-0.15, -0.1) is 11.3 Å². The molecule has 1 unspecified atom stereocenters. The summed E-state index contributed by atoms with van der Waals surface area (Å²) in [6, 6.07) is 5.43. The first kappa shape index (κ1) is 23.4. The normalized spacial score (nSPS) is 28.7. The largest absolute Gasteiger partial charge is 0.454 e. The fraction of sp³-hybridized carbons (Fsp3) is 0.600. The summed E-state index contributed by atoms with van der Waals surface area (Å²) >= 11 is 1.42. The van der Waals surface area contributed by atoms with Crippen molar-refractivity contribution < 1.29 is 23.9 Å². The van der Waals surface area contributed by atoms with Crippen LogP contribution in [0.2, 0.25) is 0 Å². The van der Waals surface area contributed by atoms with Crippen molar-refractivity contribution in [1.82, 2.24) is 9.97 Å². The second-order valence-corrected chi connectivity index (χ2v) is 11.1. The van der Waals surface area contributed by atoms with Gasteiger partial charge in [0.05, 0.1) is 13.1 Å². The number of thiophene rings is 1. The number of carbonyl (C=O) groups excluding carboxylic acids is 2. The summed E-state index contributed by atoms with van der Waals surface area (Å²) in [5.74, 6) is -0.180. The van der Waals surface area contributed by atoms with E-state index in [1.165, 1.54) is 11.3 Å². The monoisotopic (exact) mass is 485 g/mol. The van der Waals surface area contributed by atoms with Gasteiger partial charge in [-0.3, -0.25) is 10.1 Å². The first-order chi connectivity index (χ1) is 16.5. The number of fused-ring (bicyclic) bond motifs is 3. The summed E-state index contributed by atoms with van der Waals surface area (Å²) in [4.78, 5) is 35.2. The van der Waals surface area contributed by atoms with Gasteiger partial charge in [0.2, 0.25) is 5.95 Å². The first-order valence-corrected chi connectivity index (χ1v) is 13.3. The Kier molecular flexibility index (Phi) is 6.68. The van der Waals surface area contributed by atoms with Crippen LogP contribution in [0, 0.1) is 11.8 Å². The summed E-state index contributed by atoms with van der Waals surface area (Å²) < 4.78 is 6.73. The fourth-order valence-electron chi connectivity index (χ4n) is 6.12. The quantitative estimate of drug-likeness (QED) is 0.462. The maximum Gasteiger partial charge on any atom is 0.344 e. The Balaban J connectivity index is 1.29. The summed E-state index contributed by atoms with van der Waals surface area (Å²) in [7, 11) is 0. The standard InChI is InChI=1S/C25H32N4O4S/c30-22(28-24-26-11-5-12-27-24)17-29-13-9-18(10-14-29)20(16-29)33-23(31)25(32,21-8-4-15-34-21)19-6-2-1-3-7-19/h4-5,8,11-12,15,18-20,32H,1-3,6-7,9-10,13-14,16-17H2/p+1/t18?,20?,25-,29?/m0/s1. The molecular weight excluding hydrogens is 452 g/mol. The zero-order valence-corrected chi connectivity index (χ0v) is 20.2. The molecule has 3 aliphatic heterocycles. The van der Waals surface area contributed by atoms with Crippen molar-refractivity contribution in [3.05, 3.63) is 40.8 Å². The third-order valence-electron chi connectivity index (χ3n) is 8.00.